The summed E-state index contributed by atoms with van der Waals surface area (Å²) in [6, 6.07) is 3.38. The standard InChI is InChI=1S/C11H8F3NO3S/c1-2-17-10(16)7-3-6(18-11(12,13)14)4-9(19)8(7)5-15/h3-4,19H,2H2,1H3. The van der Waals surface area contributed by atoms with Gasteiger partial charge in [0.05, 0.1) is 17.7 Å². The number of thiol groups is 1. The zero-order valence-electron chi connectivity index (χ0n) is 9.61. The number of hydrogen-bond acceptors (Lipinski definition) is 5. The van der Waals surface area contributed by atoms with Gasteiger partial charge in [0.15, 0.2) is 0 Å². The number of nitrogens with zero attached hydrogens (tertiary/aromatic N) is 1. The molecule has 0 atom stereocenters. The number of benzene rings is 1. The lowest BCUT2D eigenvalue weighted by molar-refractivity contribution is -0.274. The van der Waals surface area contributed by atoms with Crippen molar-refractivity contribution in [2.24, 2.45) is 0 Å². The molecule has 0 aliphatic heterocycles. The minimum atomic E-state index is -4.90. The fourth-order valence-electron chi connectivity index (χ4n) is 1.28. The predicted molar refractivity (Wildman–Crippen MR) is 61.0 cm³/mol. The van der Waals surface area contributed by atoms with Crippen LogP contribution in [0.2, 0.25) is 0 Å². The lowest BCUT2D eigenvalue weighted by atomic mass is 10.1. The molecule has 1 aromatic carbocycles. The largest absolute Gasteiger partial charge is 0.573 e. The molecular weight excluding hydrogens is 283 g/mol. The van der Waals surface area contributed by atoms with Gasteiger partial charge in [-0.25, -0.2) is 4.79 Å². The summed E-state index contributed by atoms with van der Waals surface area (Å²) in [5.41, 5.74) is -0.493. The van der Waals surface area contributed by atoms with Crippen molar-refractivity contribution in [3.05, 3.63) is 23.3 Å². The predicted octanol–water partition coefficient (Wildman–Crippen LogP) is 2.92. The van der Waals surface area contributed by atoms with Gasteiger partial charge in [0, 0.05) is 4.90 Å². The van der Waals surface area contributed by atoms with E-state index < -0.39 is 18.1 Å². The van der Waals surface area contributed by atoms with Gasteiger partial charge in [-0.15, -0.1) is 25.8 Å². The first kappa shape index (κ1) is 15.2. The summed E-state index contributed by atoms with van der Waals surface area (Å²) >= 11 is 3.85. The lowest BCUT2D eigenvalue weighted by Crippen LogP contribution is -2.18. The van der Waals surface area contributed by atoms with Gasteiger partial charge < -0.3 is 9.47 Å². The number of alkyl halides is 3. The molecule has 0 aliphatic carbocycles. The number of carbonyl (C=O) groups is 1. The SMILES string of the molecule is CCOC(=O)c1cc(OC(F)(F)F)cc(S)c1C#N. The van der Waals surface area contributed by atoms with Crippen molar-refractivity contribution in [3.8, 4) is 11.8 Å². The van der Waals surface area contributed by atoms with E-state index in [-0.39, 0.29) is 22.6 Å². The molecule has 0 spiro atoms. The molecule has 102 valence electrons. The van der Waals surface area contributed by atoms with Crippen molar-refractivity contribution in [3.63, 3.8) is 0 Å². The van der Waals surface area contributed by atoms with Gasteiger partial charge >= 0.3 is 12.3 Å². The molecule has 0 bridgehead atoms. The smallest absolute Gasteiger partial charge is 0.462 e. The number of rotatable bonds is 3. The molecule has 1 aromatic rings. The van der Waals surface area contributed by atoms with Crippen LogP contribution >= 0.6 is 12.6 Å². The first-order valence-electron chi connectivity index (χ1n) is 4.98. The van der Waals surface area contributed by atoms with E-state index in [1.54, 1.807) is 6.07 Å². The third kappa shape index (κ3) is 4.06. The summed E-state index contributed by atoms with van der Waals surface area (Å²) in [5, 5.41) is 8.87. The second-order valence-corrected chi connectivity index (χ2v) is 3.73. The van der Waals surface area contributed by atoms with Crippen molar-refractivity contribution >= 4 is 18.6 Å². The highest BCUT2D eigenvalue weighted by Crippen LogP contribution is 2.29. The van der Waals surface area contributed by atoms with Gasteiger partial charge in [-0.3, -0.25) is 0 Å². The van der Waals surface area contributed by atoms with Crippen LogP contribution in [0.1, 0.15) is 22.8 Å². The Morgan fingerprint density at radius 2 is 2.11 bits per heavy atom. The molecule has 0 fully saturated rings. The Hall–Kier alpha value is -1.88. The van der Waals surface area contributed by atoms with E-state index in [0.29, 0.717) is 0 Å². The van der Waals surface area contributed by atoms with Crippen LogP contribution < -0.4 is 4.74 Å². The average Bonchev–Trinajstić information content (AvgIpc) is 2.26. The fourth-order valence-corrected chi connectivity index (χ4v) is 1.58. The van der Waals surface area contributed by atoms with Crippen LogP contribution in [0.3, 0.4) is 0 Å². The maximum atomic E-state index is 12.1. The third-order valence-electron chi connectivity index (χ3n) is 1.93. The normalized spacial score (nSPS) is 10.7. The zero-order valence-corrected chi connectivity index (χ0v) is 10.5. The Morgan fingerprint density at radius 3 is 2.58 bits per heavy atom. The Bertz CT molecular complexity index is 537. The van der Waals surface area contributed by atoms with Crippen LogP contribution in [-0.4, -0.2) is 18.9 Å². The maximum Gasteiger partial charge on any atom is 0.573 e. The zero-order chi connectivity index (χ0) is 14.6. The van der Waals surface area contributed by atoms with Crippen LogP contribution in [0.5, 0.6) is 5.75 Å². The van der Waals surface area contributed by atoms with Crippen molar-refractivity contribution in [1.29, 1.82) is 5.26 Å². The maximum absolute atomic E-state index is 12.1. The van der Waals surface area contributed by atoms with E-state index in [1.165, 1.54) is 6.92 Å². The van der Waals surface area contributed by atoms with E-state index in [9.17, 15) is 18.0 Å². The quantitative estimate of drug-likeness (QED) is 0.687. The second-order valence-electron chi connectivity index (χ2n) is 3.25. The molecule has 0 saturated heterocycles. The number of halogens is 3. The van der Waals surface area contributed by atoms with E-state index in [1.807, 2.05) is 0 Å². The summed E-state index contributed by atoms with van der Waals surface area (Å²) in [4.78, 5) is 11.4. The lowest BCUT2D eigenvalue weighted by Gasteiger charge is -2.12. The van der Waals surface area contributed by atoms with Crippen LogP contribution in [0.4, 0.5) is 13.2 Å². The molecule has 0 heterocycles. The van der Waals surface area contributed by atoms with Gasteiger partial charge in [-0.1, -0.05) is 0 Å². The van der Waals surface area contributed by atoms with Gasteiger partial charge in [-0.2, -0.15) is 5.26 Å². The van der Waals surface area contributed by atoms with Gasteiger partial charge in [0.2, 0.25) is 0 Å². The molecule has 0 saturated carbocycles. The summed E-state index contributed by atoms with van der Waals surface area (Å²) in [7, 11) is 0. The van der Waals surface area contributed by atoms with E-state index >= 15 is 0 Å². The van der Waals surface area contributed by atoms with Gasteiger partial charge in [0.1, 0.15) is 11.8 Å². The van der Waals surface area contributed by atoms with Crippen molar-refractivity contribution in [1.82, 2.24) is 0 Å². The molecule has 0 unspecified atom stereocenters. The Balaban J connectivity index is 3.27. The fraction of sp³-hybridized carbons (Fsp3) is 0.273. The van der Waals surface area contributed by atoms with Gasteiger partial charge in [0.25, 0.3) is 0 Å². The average molecular weight is 291 g/mol. The van der Waals surface area contributed by atoms with Crippen LogP contribution in [0.25, 0.3) is 0 Å². The highest BCUT2D eigenvalue weighted by atomic mass is 32.1. The Morgan fingerprint density at radius 1 is 1.47 bits per heavy atom. The van der Waals surface area contributed by atoms with Crippen molar-refractivity contribution in [2.45, 2.75) is 18.2 Å². The van der Waals surface area contributed by atoms with Crippen LogP contribution in [-0.2, 0) is 4.74 Å². The molecule has 8 heteroatoms. The summed E-state index contributed by atoms with van der Waals surface area (Å²) in [6.07, 6.45) is -4.90. The number of hydrogen-bond donors (Lipinski definition) is 1. The van der Waals surface area contributed by atoms with Gasteiger partial charge in [-0.05, 0) is 19.1 Å². The monoisotopic (exact) mass is 291 g/mol. The molecule has 0 amide bonds. The minimum absolute atomic E-state index is 0.0238. The summed E-state index contributed by atoms with van der Waals surface area (Å²) in [6.45, 7) is 1.55. The molecule has 4 nitrogen and oxygen atoms in total. The summed E-state index contributed by atoms with van der Waals surface area (Å²) < 4.78 is 44.7. The van der Waals surface area contributed by atoms with Crippen molar-refractivity contribution < 1.29 is 27.4 Å². The Kier molecular flexibility index (Phi) is 4.67. The first-order valence-corrected chi connectivity index (χ1v) is 5.43. The first-order chi connectivity index (χ1) is 8.78. The third-order valence-corrected chi connectivity index (χ3v) is 2.28. The highest BCUT2D eigenvalue weighted by Gasteiger charge is 2.32. The molecule has 0 N–H and O–H groups in total. The van der Waals surface area contributed by atoms with E-state index in [0.717, 1.165) is 12.1 Å². The summed E-state index contributed by atoms with van der Waals surface area (Å²) in [5.74, 6) is -1.55. The van der Waals surface area contributed by atoms with Crippen LogP contribution in [0.15, 0.2) is 17.0 Å². The molecule has 0 aromatic heterocycles. The molecule has 19 heavy (non-hydrogen) atoms. The number of nitriles is 1. The second kappa shape index (κ2) is 5.84. The number of ether oxygens (including phenoxy) is 2. The van der Waals surface area contributed by atoms with Crippen molar-refractivity contribution in [2.75, 3.05) is 6.61 Å². The topological polar surface area (TPSA) is 59.3 Å². The molecule has 0 radical (unpaired) electrons. The molecule has 1 rings (SSSR count). The molecular formula is C11H8F3NO3S. The van der Waals surface area contributed by atoms with Crippen LogP contribution in [0, 0.1) is 11.3 Å². The number of carbonyl (C=O) groups excluding carboxylic acids is 1. The minimum Gasteiger partial charge on any atom is -0.462 e. The van der Waals surface area contributed by atoms with E-state index in [4.69, 9.17) is 5.26 Å². The Labute approximate surface area is 112 Å². The number of esters is 1. The van der Waals surface area contributed by atoms with E-state index in [2.05, 4.69) is 22.1 Å². The highest BCUT2D eigenvalue weighted by molar-refractivity contribution is 7.80. The molecule has 0 aliphatic rings.